The number of furan rings is 1. The average Bonchev–Trinajstić information content (AvgIpc) is 3.44. The van der Waals surface area contributed by atoms with Crippen LogP contribution in [-0.4, -0.2) is 17.1 Å². The van der Waals surface area contributed by atoms with Crippen LogP contribution < -0.4 is 10.2 Å². The number of benzene rings is 2. The lowest BCUT2D eigenvalue weighted by atomic mass is 10.1. The Bertz CT molecular complexity index is 1300. The minimum absolute atomic E-state index is 0.116. The van der Waals surface area contributed by atoms with Gasteiger partial charge >= 0.3 is 0 Å². The van der Waals surface area contributed by atoms with Crippen molar-refractivity contribution in [3.05, 3.63) is 97.3 Å². The van der Waals surface area contributed by atoms with Crippen LogP contribution in [0.15, 0.2) is 80.4 Å². The Morgan fingerprint density at radius 1 is 1.21 bits per heavy atom. The van der Waals surface area contributed by atoms with E-state index in [4.69, 9.17) is 27.6 Å². The van der Waals surface area contributed by atoms with Crippen molar-refractivity contribution in [3.63, 3.8) is 0 Å². The van der Waals surface area contributed by atoms with Crippen molar-refractivity contribution in [2.45, 2.75) is 18.2 Å². The molecule has 34 heavy (non-hydrogen) atoms. The number of hydrogen-bond acceptors (Lipinski definition) is 5. The summed E-state index contributed by atoms with van der Waals surface area (Å²) in [6.07, 6.45) is 1.81. The Labute approximate surface area is 218 Å². The minimum Gasteiger partial charge on any atom is -0.467 e. The molecule has 1 atom stereocenters. The lowest BCUT2D eigenvalue weighted by molar-refractivity contribution is -0.117. The molecule has 1 aromatic heterocycles. The maximum Gasteiger partial charge on any atom is 0.265 e. The second kappa shape index (κ2) is 10.7. The molecule has 1 unspecified atom stereocenters. The van der Waals surface area contributed by atoms with Crippen molar-refractivity contribution >= 4 is 68.4 Å². The van der Waals surface area contributed by atoms with Crippen molar-refractivity contribution in [1.29, 1.82) is 5.26 Å². The van der Waals surface area contributed by atoms with Gasteiger partial charge in [0.1, 0.15) is 22.4 Å². The molecule has 10 heteroatoms. The largest absolute Gasteiger partial charge is 0.467 e. The zero-order valence-corrected chi connectivity index (χ0v) is 21.3. The first-order valence-corrected chi connectivity index (χ1v) is 12.5. The fraction of sp³-hybridized carbons (Fsp3) is 0.125. The van der Waals surface area contributed by atoms with E-state index >= 15 is 0 Å². The number of rotatable bonds is 6. The highest BCUT2D eigenvalue weighted by atomic mass is 79.9. The highest BCUT2D eigenvalue weighted by Crippen LogP contribution is 2.42. The van der Waals surface area contributed by atoms with Crippen LogP contribution in [0.2, 0.25) is 10.0 Å². The quantitative estimate of drug-likeness (QED) is 0.283. The van der Waals surface area contributed by atoms with E-state index in [0.29, 0.717) is 27.9 Å². The molecule has 6 nitrogen and oxygen atoms in total. The molecule has 1 saturated heterocycles. The summed E-state index contributed by atoms with van der Waals surface area (Å²) in [6.45, 7) is 0.116. The van der Waals surface area contributed by atoms with Gasteiger partial charge in [-0.3, -0.25) is 14.5 Å². The fourth-order valence-electron chi connectivity index (χ4n) is 3.37. The van der Waals surface area contributed by atoms with Crippen LogP contribution in [0.25, 0.3) is 0 Å². The van der Waals surface area contributed by atoms with E-state index in [9.17, 15) is 14.9 Å². The summed E-state index contributed by atoms with van der Waals surface area (Å²) in [5.41, 5.74) is 1.14. The van der Waals surface area contributed by atoms with Gasteiger partial charge in [-0.25, -0.2) is 0 Å². The summed E-state index contributed by atoms with van der Waals surface area (Å²) in [7, 11) is 0. The Kier molecular flexibility index (Phi) is 7.69. The van der Waals surface area contributed by atoms with Crippen LogP contribution in [0.4, 0.5) is 5.69 Å². The van der Waals surface area contributed by atoms with Gasteiger partial charge < -0.3 is 9.73 Å². The molecule has 0 bridgehead atoms. The van der Waals surface area contributed by atoms with Crippen LogP contribution in [0.3, 0.4) is 0 Å². The van der Waals surface area contributed by atoms with E-state index < -0.39 is 11.2 Å². The summed E-state index contributed by atoms with van der Waals surface area (Å²) in [5.74, 6) is -0.299. The van der Waals surface area contributed by atoms with Gasteiger partial charge in [0.25, 0.3) is 5.91 Å². The second-order valence-electron chi connectivity index (χ2n) is 7.25. The summed E-state index contributed by atoms with van der Waals surface area (Å²) < 4.78 is 6.07. The van der Waals surface area contributed by atoms with Gasteiger partial charge in [-0.15, -0.1) is 0 Å². The molecule has 1 fully saturated rings. The third kappa shape index (κ3) is 5.34. The molecule has 3 aromatic rings. The first-order valence-electron chi connectivity index (χ1n) is 10.0. The van der Waals surface area contributed by atoms with Gasteiger partial charge in [-0.1, -0.05) is 57.0 Å². The number of nitrogens with zero attached hydrogens (tertiary/aromatic N) is 2. The van der Waals surface area contributed by atoms with Gasteiger partial charge in [0.2, 0.25) is 5.91 Å². The van der Waals surface area contributed by atoms with E-state index in [1.807, 2.05) is 6.07 Å². The third-order valence-electron chi connectivity index (χ3n) is 5.01. The van der Waals surface area contributed by atoms with Crippen molar-refractivity contribution in [3.8, 4) is 6.07 Å². The van der Waals surface area contributed by atoms with Gasteiger partial charge in [-0.2, -0.15) is 5.26 Å². The summed E-state index contributed by atoms with van der Waals surface area (Å²) >= 11 is 16.9. The average molecular weight is 577 g/mol. The normalized spacial score (nSPS) is 16.9. The number of carbonyl (C=O) groups is 2. The second-order valence-corrected chi connectivity index (χ2v) is 10.2. The van der Waals surface area contributed by atoms with Crippen molar-refractivity contribution in [2.24, 2.45) is 0 Å². The SMILES string of the molecule is N#CC(C(=O)NCc1ccco1)=C1SC(Cc2ccc(Cl)cc2Cl)C(=O)N1c1ccc(Br)cc1. The van der Waals surface area contributed by atoms with Gasteiger partial charge in [0, 0.05) is 20.2 Å². The van der Waals surface area contributed by atoms with E-state index in [2.05, 4.69) is 21.2 Å². The van der Waals surface area contributed by atoms with E-state index in [1.54, 1.807) is 54.6 Å². The lowest BCUT2D eigenvalue weighted by Gasteiger charge is -2.19. The number of halogens is 3. The van der Waals surface area contributed by atoms with Gasteiger partial charge in [0.15, 0.2) is 0 Å². The summed E-state index contributed by atoms with van der Waals surface area (Å²) in [6, 6.07) is 17.6. The maximum absolute atomic E-state index is 13.5. The molecule has 4 rings (SSSR count). The number of thioether (sulfide) groups is 1. The Morgan fingerprint density at radius 3 is 2.62 bits per heavy atom. The Morgan fingerprint density at radius 2 is 1.97 bits per heavy atom. The number of carbonyl (C=O) groups excluding carboxylic acids is 2. The maximum atomic E-state index is 13.5. The number of nitrogens with one attached hydrogen (secondary N) is 1. The van der Waals surface area contributed by atoms with Crippen LogP contribution in [0.1, 0.15) is 11.3 Å². The zero-order valence-electron chi connectivity index (χ0n) is 17.4. The molecule has 2 aromatic carbocycles. The summed E-state index contributed by atoms with van der Waals surface area (Å²) in [4.78, 5) is 27.8. The molecule has 1 aliphatic heterocycles. The Hall–Kier alpha value is -2.70. The van der Waals surface area contributed by atoms with Crippen LogP contribution in [-0.2, 0) is 22.6 Å². The van der Waals surface area contributed by atoms with Crippen molar-refractivity contribution < 1.29 is 14.0 Å². The van der Waals surface area contributed by atoms with E-state index in [0.717, 1.165) is 21.8 Å². The van der Waals surface area contributed by atoms with Gasteiger partial charge in [-0.05, 0) is 60.5 Å². The molecule has 2 amide bonds. The molecule has 172 valence electrons. The van der Waals surface area contributed by atoms with E-state index in [1.165, 1.54) is 11.2 Å². The minimum atomic E-state index is -0.596. The number of amides is 2. The topological polar surface area (TPSA) is 86.3 Å². The smallest absolute Gasteiger partial charge is 0.265 e. The fourth-order valence-corrected chi connectivity index (χ4v) is 5.41. The standard InChI is InChI=1S/C24H16BrCl2N3O3S/c25-15-4-7-17(8-5-15)30-23(32)21(10-14-3-6-16(26)11-20(14)27)34-24(30)19(12-28)22(31)29-13-18-2-1-9-33-18/h1-9,11,21H,10,13H2,(H,29,31). The molecular formula is C24H16BrCl2N3O3S. The van der Waals surface area contributed by atoms with Crippen molar-refractivity contribution in [2.75, 3.05) is 4.90 Å². The molecule has 1 aliphatic rings. The molecule has 0 spiro atoms. The molecular weight excluding hydrogens is 561 g/mol. The first kappa shape index (κ1) is 24.4. The summed E-state index contributed by atoms with van der Waals surface area (Å²) in [5, 5.41) is 13.2. The highest BCUT2D eigenvalue weighted by Gasteiger charge is 2.41. The third-order valence-corrected chi connectivity index (χ3v) is 7.39. The van der Waals surface area contributed by atoms with E-state index in [-0.39, 0.29) is 23.1 Å². The van der Waals surface area contributed by atoms with Crippen LogP contribution in [0.5, 0.6) is 0 Å². The Balaban J connectivity index is 1.69. The van der Waals surface area contributed by atoms with Crippen molar-refractivity contribution in [1.82, 2.24) is 5.32 Å². The predicted molar refractivity (Wildman–Crippen MR) is 136 cm³/mol. The molecule has 0 saturated carbocycles. The lowest BCUT2D eigenvalue weighted by Crippen LogP contribution is -2.32. The predicted octanol–water partition coefficient (Wildman–Crippen LogP) is 6.09. The van der Waals surface area contributed by atoms with Gasteiger partial charge in [0.05, 0.1) is 18.1 Å². The number of nitriles is 1. The first-order chi connectivity index (χ1) is 16.4. The number of anilines is 1. The molecule has 2 heterocycles. The highest BCUT2D eigenvalue weighted by molar-refractivity contribution is 9.10. The monoisotopic (exact) mass is 575 g/mol. The molecule has 1 N–H and O–H groups in total. The van der Waals surface area contributed by atoms with Crippen LogP contribution in [0, 0.1) is 11.3 Å². The number of hydrogen-bond donors (Lipinski definition) is 1. The molecule has 0 radical (unpaired) electrons. The molecule has 0 aliphatic carbocycles. The zero-order chi connectivity index (χ0) is 24.2. The van der Waals surface area contributed by atoms with Crippen LogP contribution >= 0.6 is 50.9 Å².